The predicted molar refractivity (Wildman–Crippen MR) is 67.7 cm³/mol. The van der Waals surface area contributed by atoms with Crippen molar-refractivity contribution in [2.75, 3.05) is 17.3 Å². The second-order valence-electron chi connectivity index (χ2n) is 3.69. The standard InChI is InChI=1S/C10H18N4OS/c1-6-9(7(2)14-13-6)12-10(15)8(11)4-5-16-3/h8H,4-5,11H2,1-3H3,(H,12,15)(H,13,14)/t8-/m1/s1. The molecule has 0 bridgehead atoms. The molecule has 0 radical (unpaired) electrons. The molecule has 5 nitrogen and oxygen atoms in total. The normalized spacial score (nSPS) is 12.5. The average molecular weight is 242 g/mol. The number of thioether (sulfide) groups is 1. The highest BCUT2D eigenvalue weighted by molar-refractivity contribution is 7.98. The number of rotatable bonds is 5. The Kier molecular flexibility index (Phi) is 4.82. The van der Waals surface area contributed by atoms with Crippen molar-refractivity contribution in [3.05, 3.63) is 11.4 Å². The van der Waals surface area contributed by atoms with Gasteiger partial charge in [0.15, 0.2) is 0 Å². The molecule has 1 atom stereocenters. The maximum atomic E-state index is 11.7. The Hall–Kier alpha value is -1.01. The molecule has 1 rings (SSSR count). The zero-order valence-corrected chi connectivity index (χ0v) is 10.6. The lowest BCUT2D eigenvalue weighted by Gasteiger charge is -2.11. The fourth-order valence-corrected chi connectivity index (χ4v) is 1.82. The topological polar surface area (TPSA) is 83.8 Å². The summed E-state index contributed by atoms with van der Waals surface area (Å²) in [7, 11) is 0. The maximum Gasteiger partial charge on any atom is 0.241 e. The van der Waals surface area contributed by atoms with Crippen LogP contribution in [0.5, 0.6) is 0 Å². The average Bonchev–Trinajstić information content (AvgIpc) is 2.57. The van der Waals surface area contributed by atoms with Gasteiger partial charge in [-0.15, -0.1) is 0 Å². The summed E-state index contributed by atoms with van der Waals surface area (Å²) in [4.78, 5) is 11.7. The Bertz CT molecular complexity index is 344. The molecule has 0 fully saturated rings. The van der Waals surface area contributed by atoms with Crippen LogP contribution in [-0.2, 0) is 4.79 Å². The molecule has 1 amide bonds. The van der Waals surface area contributed by atoms with Crippen molar-refractivity contribution < 1.29 is 4.79 Å². The third-order valence-electron chi connectivity index (χ3n) is 2.35. The van der Waals surface area contributed by atoms with Crippen LogP contribution in [0.1, 0.15) is 17.8 Å². The maximum absolute atomic E-state index is 11.7. The number of aromatic amines is 1. The van der Waals surface area contributed by atoms with E-state index in [0.717, 1.165) is 22.8 Å². The van der Waals surface area contributed by atoms with E-state index in [9.17, 15) is 4.79 Å². The summed E-state index contributed by atoms with van der Waals surface area (Å²) in [5.41, 5.74) is 8.13. The molecule has 0 unspecified atom stereocenters. The molecular formula is C10H18N4OS. The number of aryl methyl sites for hydroxylation is 2. The van der Waals surface area contributed by atoms with Crippen LogP contribution >= 0.6 is 11.8 Å². The summed E-state index contributed by atoms with van der Waals surface area (Å²) in [6.45, 7) is 3.70. The minimum Gasteiger partial charge on any atom is -0.322 e. The third kappa shape index (κ3) is 3.24. The molecule has 6 heteroatoms. The number of nitrogens with zero attached hydrogens (tertiary/aromatic N) is 1. The van der Waals surface area contributed by atoms with Crippen molar-refractivity contribution in [3.8, 4) is 0 Å². The molecule has 1 aromatic heterocycles. The number of carbonyl (C=O) groups excluding carboxylic acids is 1. The van der Waals surface area contributed by atoms with Crippen molar-refractivity contribution in [1.29, 1.82) is 0 Å². The van der Waals surface area contributed by atoms with Crippen molar-refractivity contribution in [2.24, 2.45) is 5.73 Å². The predicted octanol–water partition coefficient (Wildman–Crippen LogP) is 1.05. The number of H-pyrrole nitrogens is 1. The number of hydrogen-bond donors (Lipinski definition) is 3. The Morgan fingerprint density at radius 1 is 1.62 bits per heavy atom. The van der Waals surface area contributed by atoms with E-state index in [2.05, 4.69) is 15.5 Å². The third-order valence-corrected chi connectivity index (χ3v) is 2.99. The zero-order valence-electron chi connectivity index (χ0n) is 9.83. The molecule has 16 heavy (non-hydrogen) atoms. The van der Waals surface area contributed by atoms with Crippen molar-refractivity contribution >= 4 is 23.4 Å². The Morgan fingerprint density at radius 2 is 2.31 bits per heavy atom. The second-order valence-corrected chi connectivity index (χ2v) is 4.67. The number of nitrogens with one attached hydrogen (secondary N) is 2. The summed E-state index contributed by atoms with van der Waals surface area (Å²) in [5.74, 6) is 0.736. The van der Waals surface area contributed by atoms with Gasteiger partial charge in [-0.2, -0.15) is 16.9 Å². The summed E-state index contributed by atoms with van der Waals surface area (Å²) in [6.07, 6.45) is 2.68. The lowest BCUT2D eigenvalue weighted by molar-refractivity contribution is -0.117. The Balaban J connectivity index is 2.57. The smallest absolute Gasteiger partial charge is 0.241 e. The molecule has 4 N–H and O–H groups in total. The van der Waals surface area contributed by atoms with E-state index in [0.29, 0.717) is 6.42 Å². The van der Waals surface area contributed by atoms with Crippen LogP contribution in [0.2, 0.25) is 0 Å². The van der Waals surface area contributed by atoms with E-state index in [1.165, 1.54) is 0 Å². The monoisotopic (exact) mass is 242 g/mol. The quantitative estimate of drug-likeness (QED) is 0.720. The molecule has 0 aromatic carbocycles. The first-order chi connectivity index (χ1) is 7.56. The number of hydrogen-bond acceptors (Lipinski definition) is 4. The summed E-state index contributed by atoms with van der Waals surface area (Å²) in [5, 5.41) is 9.62. The lowest BCUT2D eigenvalue weighted by Crippen LogP contribution is -2.36. The van der Waals surface area contributed by atoms with Crippen molar-refractivity contribution in [3.63, 3.8) is 0 Å². The van der Waals surface area contributed by atoms with Gasteiger partial charge >= 0.3 is 0 Å². The van der Waals surface area contributed by atoms with Crippen LogP contribution in [0.15, 0.2) is 0 Å². The molecule has 0 aliphatic carbocycles. The largest absolute Gasteiger partial charge is 0.322 e. The highest BCUT2D eigenvalue weighted by atomic mass is 32.2. The van der Waals surface area contributed by atoms with Gasteiger partial charge in [-0.25, -0.2) is 0 Å². The number of aromatic nitrogens is 2. The van der Waals surface area contributed by atoms with Crippen LogP contribution in [0.4, 0.5) is 5.69 Å². The molecule has 0 aliphatic heterocycles. The van der Waals surface area contributed by atoms with Crippen LogP contribution < -0.4 is 11.1 Å². The number of nitrogens with two attached hydrogens (primary N) is 1. The van der Waals surface area contributed by atoms with Crippen LogP contribution in [0.25, 0.3) is 0 Å². The van der Waals surface area contributed by atoms with Gasteiger partial charge in [0.05, 0.1) is 23.1 Å². The van der Waals surface area contributed by atoms with Crippen LogP contribution in [-0.4, -0.2) is 34.2 Å². The summed E-state index contributed by atoms with van der Waals surface area (Å²) in [6, 6.07) is -0.457. The van der Waals surface area contributed by atoms with E-state index in [4.69, 9.17) is 5.73 Å². The number of amides is 1. The van der Waals surface area contributed by atoms with Gasteiger partial charge in [0.2, 0.25) is 5.91 Å². The SMILES string of the molecule is CSCC[C@@H](N)C(=O)Nc1c(C)n[nH]c1C. The summed E-state index contributed by atoms with van der Waals surface area (Å²) < 4.78 is 0. The fraction of sp³-hybridized carbons (Fsp3) is 0.600. The number of carbonyl (C=O) groups is 1. The molecular weight excluding hydrogens is 224 g/mol. The first-order valence-corrected chi connectivity index (χ1v) is 6.52. The minimum atomic E-state index is -0.457. The Morgan fingerprint density at radius 3 is 2.81 bits per heavy atom. The van der Waals surface area contributed by atoms with E-state index in [-0.39, 0.29) is 5.91 Å². The van der Waals surface area contributed by atoms with Crippen molar-refractivity contribution in [2.45, 2.75) is 26.3 Å². The van der Waals surface area contributed by atoms with Gasteiger partial charge in [-0.05, 0) is 32.3 Å². The van der Waals surface area contributed by atoms with Crippen molar-refractivity contribution in [1.82, 2.24) is 10.2 Å². The molecule has 0 saturated heterocycles. The van der Waals surface area contributed by atoms with Gasteiger partial charge in [0.25, 0.3) is 0 Å². The van der Waals surface area contributed by atoms with E-state index >= 15 is 0 Å². The minimum absolute atomic E-state index is 0.151. The van der Waals surface area contributed by atoms with Gasteiger partial charge < -0.3 is 11.1 Å². The first-order valence-electron chi connectivity index (χ1n) is 5.13. The molecule has 0 saturated carbocycles. The van der Waals surface area contributed by atoms with Crippen LogP contribution in [0.3, 0.4) is 0 Å². The lowest BCUT2D eigenvalue weighted by atomic mass is 10.2. The first kappa shape index (κ1) is 13.1. The molecule has 0 spiro atoms. The molecule has 90 valence electrons. The Labute approximate surface area is 99.6 Å². The summed E-state index contributed by atoms with van der Waals surface area (Å²) >= 11 is 1.68. The van der Waals surface area contributed by atoms with Crippen LogP contribution in [0, 0.1) is 13.8 Å². The van der Waals surface area contributed by atoms with E-state index in [1.54, 1.807) is 11.8 Å². The highest BCUT2D eigenvalue weighted by Gasteiger charge is 2.16. The van der Waals surface area contributed by atoms with E-state index in [1.807, 2.05) is 20.1 Å². The van der Waals surface area contributed by atoms with Gasteiger partial charge in [-0.1, -0.05) is 0 Å². The van der Waals surface area contributed by atoms with E-state index < -0.39 is 6.04 Å². The van der Waals surface area contributed by atoms with Gasteiger partial charge in [0, 0.05) is 0 Å². The number of anilines is 1. The fourth-order valence-electron chi connectivity index (χ4n) is 1.33. The zero-order chi connectivity index (χ0) is 12.1. The van der Waals surface area contributed by atoms with Gasteiger partial charge in [-0.3, -0.25) is 9.89 Å². The molecule has 1 heterocycles. The molecule has 0 aliphatic rings. The highest BCUT2D eigenvalue weighted by Crippen LogP contribution is 2.16. The second kappa shape index (κ2) is 5.91. The van der Waals surface area contributed by atoms with Gasteiger partial charge in [0.1, 0.15) is 0 Å². The molecule has 1 aromatic rings.